The number of likely N-dealkylation sites (tertiary alicyclic amines) is 1. The molecular formula is C12H26N2O. The van der Waals surface area contributed by atoms with Crippen LogP contribution < -0.4 is 5.32 Å². The normalized spacial score (nSPS) is 33.6. The molecule has 3 unspecified atom stereocenters. The second-order valence-corrected chi connectivity index (χ2v) is 5.11. The molecule has 0 aliphatic carbocycles. The van der Waals surface area contributed by atoms with Crippen LogP contribution in [0.15, 0.2) is 0 Å². The quantitative estimate of drug-likeness (QED) is 0.767. The average Bonchev–Trinajstić information content (AvgIpc) is 2.12. The molecule has 1 N–H and O–H groups in total. The summed E-state index contributed by atoms with van der Waals surface area (Å²) < 4.78 is 5.28. The molecule has 0 aromatic heterocycles. The van der Waals surface area contributed by atoms with Gasteiger partial charge >= 0.3 is 0 Å². The van der Waals surface area contributed by atoms with E-state index in [1.54, 1.807) is 7.11 Å². The van der Waals surface area contributed by atoms with Gasteiger partial charge < -0.3 is 10.1 Å². The fourth-order valence-electron chi connectivity index (χ4n) is 2.51. The molecule has 1 saturated heterocycles. The van der Waals surface area contributed by atoms with Gasteiger partial charge in [-0.2, -0.15) is 0 Å². The number of nitrogens with one attached hydrogen (secondary N) is 1. The number of hydrogen-bond acceptors (Lipinski definition) is 3. The average molecular weight is 214 g/mol. The van der Waals surface area contributed by atoms with Gasteiger partial charge in [-0.05, 0) is 26.8 Å². The lowest BCUT2D eigenvalue weighted by Crippen LogP contribution is -2.53. The lowest BCUT2D eigenvalue weighted by atomic mass is 9.92. The van der Waals surface area contributed by atoms with E-state index in [1.807, 2.05) is 0 Å². The summed E-state index contributed by atoms with van der Waals surface area (Å²) in [4.78, 5) is 2.45. The van der Waals surface area contributed by atoms with Crippen LogP contribution in [0.3, 0.4) is 0 Å². The van der Waals surface area contributed by atoms with Crippen molar-refractivity contribution in [2.24, 2.45) is 0 Å². The first-order valence-corrected chi connectivity index (χ1v) is 6.01. The van der Waals surface area contributed by atoms with E-state index in [9.17, 15) is 0 Å². The zero-order valence-electron chi connectivity index (χ0n) is 10.8. The number of hydrogen-bond donors (Lipinski definition) is 1. The molecule has 1 aliphatic heterocycles. The minimum absolute atomic E-state index is 0.565. The van der Waals surface area contributed by atoms with Gasteiger partial charge in [0, 0.05) is 31.3 Å². The third-order valence-corrected chi connectivity index (χ3v) is 3.38. The number of rotatable bonds is 4. The summed E-state index contributed by atoms with van der Waals surface area (Å²) in [6.07, 6.45) is 2.45. The van der Waals surface area contributed by atoms with E-state index in [4.69, 9.17) is 4.74 Å². The van der Waals surface area contributed by atoms with Gasteiger partial charge in [-0.25, -0.2) is 0 Å². The number of piperidine rings is 1. The van der Waals surface area contributed by atoms with Gasteiger partial charge in [0.15, 0.2) is 0 Å². The van der Waals surface area contributed by atoms with Crippen LogP contribution in [0.1, 0.15) is 33.6 Å². The Hall–Kier alpha value is -0.120. The van der Waals surface area contributed by atoms with Crippen molar-refractivity contribution in [2.45, 2.75) is 57.8 Å². The second kappa shape index (κ2) is 5.83. The first-order chi connectivity index (χ1) is 7.04. The summed E-state index contributed by atoms with van der Waals surface area (Å²) in [6.45, 7) is 7.58. The lowest BCUT2D eigenvalue weighted by Gasteiger charge is -2.42. The molecule has 0 radical (unpaired) electrons. The maximum Gasteiger partial charge on any atom is 0.0618 e. The van der Waals surface area contributed by atoms with E-state index in [1.165, 1.54) is 12.8 Å². The molecule has 3 atom stereocenters. The van der Waals surface area contributed by atoms with Crippen molar-refractivity contribution in [3.05, 3.63) is 0 Å². The van der Waals surface area contributed by atoms with Crippen molar-refractivity contribution in [3.63, 3.8) is 0 Å². The highest BCUT2D eigenvalue weighted by Crippen LogP contribution is 2.22. The van der Waals surface area contributed by atoms with E-state index in [2.05, 4.69) is 38.0 Å². The minimum Gasteiger partial charge on any atom is -0.383 e. The summed E-state index contributed by atoms with van der Waals surface area (Å²) in [7, 11) is 4.00. The van der Waals surface area contributed by atoms with E-state index in [0.717, 1.165) is 6.61 Å². The summed E-state index contributed by atoms with van der Waals surface area (Å²) in [5.74, 6) is 0. The molecule has 1 heterocycles. The molecule has 0 spiro atoms. The Labute approximate surface area is 94.2 Å². The fourth-order valence-corrected chi connectivity index (χ4v) is 2.51. The standard InChI is InChI=1S/C12H26N2O/c1-9(2)13-11-6-10(3)14(4)12(7-11)8-15-5/h9-13H,6-8H2,1-5H3. The molecule has 1 rings (SSSR count). The zero-order chi connectivity index (χ0) is 11.4. The van der Waals surface area contributed by atoms with Crippen molar-refractivity contribution in [3.8, 4) is 0 Å². The van der Waals surface area contributed by atoms with Crippen LogP contribution in [0.25, 0.3) is 0 Å². The van der Waals surface area contributed by atoms with Crippen molar-refractivity contribution in [1.29, 1.82) is 0 Å². The molecule has 3 nitrogen and oxygen atoms in total. The van der Waals surface area contributed by atoms with Gasteiger partial charge in [0.25, 0.3) is 0 Å². The van der Waals surface area contributed by atoms with Crippen LogP contribution in [0, 0.1) is 0 Å². The van der Waals surface area contributed by atoms with Crippen molar-refractivity contribution in [1.82, 2.24) is 10.2 Å². The van der Waals surface area contributed by atoms with Crippen LogP contribution in [0.4, 0.5) is 0 Å². The second-order valence-electron chi connectivity index (χ2n) is 5.11. The molecule has 0 aromatic rings. The summed E-state index contributed by atoms with van der Waals surface area (Å²) in [6, 6.07) is 2.44. The maximum atomic E-state index is 5.28. The van der Waals surface area contributed by atoms with Crippen LogP contribution in [-0.4, -0.2) is 49.8 Å². The fraction of sp³-hybridized carbons (Fsp3) is 1.00. The molecule has 1 fully saturated rings. The summed E-state index contributed by atoms with van der Waals surface area (Å²) in [5, 5.41) is 3.64. The first kappa shape index (κ1) is 12.9. The third-order valence-electron chi connectivity index (χ3n) is 3.38. The van der Waals surface area contributed by atoms with Crippen molar-refractivity contribution in [2.75, 3.05) is 20.8 Å². The third kappa shape index (κ3) is 3.74. The predicted molar refractivity (Wildman–Crippen MR) is 64.2 cm³/mol. The van der Waals surface area contributed by atoms with Crippen LogP contribution in [0.2, 0.25) is 0 Å². The summed E-state index contributed by atoms with van der Waals surface area (Å²) >= 11 is 0. The highest BCUT2D eigenvalue weighted by atomic mass is 16.5. The molecule has 3 heteroatoms. The highest BCUT2D eigenvalue weighted by Gasteiger charge is 2.30. The predicted octanol–water partition coefficient (Wildman–Crippen LogP) is 1.48. The Bertz CT molecular complexity index is 184. The van der Waals surface area contributed by atoms with Crippen LogP contribution in [-0.2, 0) is 4.74 Å². The number of methoxy groups -OCH3 is 1. The van der Waals surface area contributed by atoms with Gasteiger partial charge in [-0.15, -0.1) is 0 Å². The van der Waals surface area contributed by atoms with Crippen LogP contribution >= 0.6 is 0 Å². The van der Waals surface area contributed by atoms with Gasteiger partial charge in [-0.1, -0.05) is 13.8 Å². The zero-order valence-corrected chi connectivity index (χ0v) is 10.8. The Kier molecular flexibility index (Phi) is 5.03. The first-order valence-electron chi connectivity index (χ1n) is 6.01. The van der Waals surface area contributed by atoms with E-state index in [-0.39, 0.29) is 0 Å². The van der Waals surface area contributed by atoms with E-state index < -0.39 is 0 Å². The number of likely N-dealkylation sites (N-methyl/N-ethyl adjacent to an activating group) is 1. The minimum atomic E-state index is 0.565. The monoisotopic (exact) mass is 214 g/mol. The number of ether oxygens (including phenoxy) is 1. The Morgan fingerprint density at radius 3 is 2.60 bits per heavy atom. The Morgan fingerprint density at radius 2 is 2.07 bits per heavy atom. The summed E-state index contributed by atoms with van der Waals surface area (Å²) in [5.41, 5.74) is 0. The molecule has 0 aromatic carbocycles. The molecule has 15 heavy (non-hydrogen) atoms. The number of nitrogens with zero attached hydrogens (tertiary/aromatic N) is 1. The van der Waals surface area contributed by atoms with Gasteiger partial charge in [0.2, 0.25) is 0 Å². The smallest absolute Gasteiger partial charge is 0.0618 e. The van der Waals surface area contributed by atoms with E-state index >= 15 is 0 Å². The van der Waals surface area contributed by atoms with Crippen molar-refractivity contribution >= 4 is 0 Å². The molecule has 0 bridgehead atoms. The highest BCUT2D eigenvalue weighted by molar-refractivity contribution is 4.88. The SMILES string of the molecule is COCC1CC(NC(C)C)CC(C)N1C. The lowest BCUT2D eigenvalue weighted by molar-refractivity contribution is 0.0392. The maximum absolute atomic E-state index is 5.28. The molecular weight excluding hydrogens is 188 g/mol. The van der Waals surface area contributed by atoms with Gasteiger partial charge in [0.05, 0.1) is 6.61 Å². The largest absolute Gasteiger partial charge is 0.383 e. The Morgan fingerprint density at radius 1 is 1.40 bits per heavy atom. The molecule has 90 valence electrons. The van der Waals surface area contributed by atoms with E-state index in [0.29, 0.717) is 24.2 Å². The van der Waals surface area contributed by atoms with Gasteiger partial charge in [0.1, 0.15) is 0 Å². The molecule has 0 amide bonds. The molecule has 0 saturated carbocycles. The van der Waals surface area contributed by atoms with Crippen molar-refractivity contribution < 1.29 is 4.74 Å². The molecule has 1 aliphatic rings. The van der Waals surface area contributed by atoms with Crippen LogP contribution in [0.5, 0.6) is 0 Å². The topological polar surface area (TPSA) is 24.5 Å². The van der Waals surface area contributed by atoms with Gasteiger partial charge in [-0.3, -0.25) is 4.90 Å². The Balaban J connectivity index is 2.50.